The van der Waals surface area contributed by atoms with Gasteiger partial charge in [0.25, 0.3) is 0 Å². The topological polar surface area (TPSA) is 72.3 Å². The summed E-state index contributed by atoms with van der Waals surface area (Å²) in [5.74, 6) is -0.754. The molecule has 0 aliphatic heterocycles. The van der Waals surface area contributed by atoms with Gasteiger partial charge in [0.05, 0.1) is 0 Å². The highest BCUT2D eigenvalue weighted by Gasteiger charge is 2.10. The number of ether oxygens (including phenoxy) is 1. The summed E-state index contributed by atoms with van der Waals surface area (Å²) in [6, 6.07) is 5.18. The first-order valence-corrected chi connectivity index (χ1v) is 4.96. The number of aromatic carboxylic acids is 1. The van der Waals surface area contributed by atoms with Gasteiger partial charge in [0.1, 0.15) is 17.9 Å². The molecule has 2 aromatic rings. The Hall–Kier alpha value is -2.43. The average Bonchev–Trinajstić information content (AvgIpc) is 2.38. The molecule has 0 radical (unpaired) electrons. The SMILES string of the molecule is O=C(O)c1cnccc1OCc1cccnc1. The fourth-order valence-electron chi connectivity index (χ4n) is 1.31. The van der Waals surface area contributed by atoms with Crippen molar-refractivity contribution in [2.45, 2.75) is 6.61 Å². The first-order chi connectivity index (χ1) is 8.27. The van der Waals surface area contributed by atoms with Gasteiger partial charge in [-0.05, 0) is 12.1 Å². The third kappa shape index (κ3) is 2.78. The third-order valence-electron chi connectivity index (χ3n) is 2.13. The summed E-state index contributed by atoms with van der Waals surface area (Å²) in [6.45, 7) is 0.276. The van der Waals surface area contributed by atoms with Gasteiger partial charge in [-0.2, -0.15) is 0 Å². The summed E-state index contributed by atoms with van der Waals surface area (Å²) in [5, 5.41) is 8.93. The van der Waals surface area contributed by atoms with Crippen molar-refractivity contribution in [1.29, 1.82) is 0 Å². The van der Waals surface area contributed by atoms with Crippen molar-refractivity contribution < 1.29 is 14.6 Å². The summed E-state index contributed by atoms with van der Waals surface area (Å²) in [6.07, 6.45) is 6.09. The van der Waals surface area contributed by atoms with Gasteiger partial charge in [0.15, 0.2) is 0 Å². The molecule has 5 nitrogen and oxygen atoms in total. The van der Waals surface area contributed by atoms with Gasteiger partial charge < -0.3 is 9.84 Å². The average molecular weight is 230 g/mol. The van der Waals surface area contributed by atoms with Crippen LogP contribution in [0.25, 0.3) is 0 Å². The Labute approximate surface area is 97.7 Å². The van der Waals surface area contributed by atoms with Crippen molar-refractivity contribution in [3.63, 3.8) is 0 Å². The predicted octanol–water partition coefficient (Wildman–Crippen LogP) is 1.75. The van der Waals surface area contributed by atoms with Gasteiger partial charge in [-0.3, -0.25) is 9.97 Å². The van der Waals surface area contributed by atoms with Crippen molar-refractivity contribution >= 4 is 5.97 Å². The van der Waals surface area contributed by atoms with Crippen LogP contribution in [0.5, 0.6) is 5.75 Å². The van der Waals surface area contributed by atoms with Gasteiger partial charge in [-0.25, -0.2) is 4.79 Å². The molecule has 2 aromatic heterocycles. The molecule has 0 saturated heterocycles. The van der Waals surface area contributed by atoms with Gasteiger partial charge in [0, 0.05) is 30.4 Å². The molecule has 2 heterocycles. The van der Waals surface area contributed by atoms with Crippen LogP contribution in [0.3, 0.4) is 0 Å². The molecule has 0 saturated carbocycles. The van der Waals surface area contributed by atoms with E-state index < -0.39 is 5.97 Å². The van der Waals surface area contributed by atoms with Crippen LogP contribution in [-0.2, 0) is 6.61 Å². The minimum atomic E-state index is -1.06. The number of rotatable bonds is 4. The lowest BCUT2D eigenvalue weighted by Crippen LogP contribution is -2.04. The molecular weight excluding hydrogens is 220 g/mol. The number of aromatic nitrogens is 2. The van der Waals surface area contributed by atoms with Gasteiger partial charge in [-0.15, -0.1) is 0 Å². The minimum Gasteiger partial charge on any atom is -0.488 e. The van der Waals surface area contributed by atoms with E-state index in [1.54, 1.807) is 18.5 Å². The van der Waals surface area contributed by atoms with Crippen LogP contribution < -0.4 is 4.74 Å². The maximum absolute atomic E-state index is 10.9. The number of pyridine rings is 2. The lowest BCUT2D eigenvalue weighted by molar-refractivity contribution is 0.0691. The zero-order valence-electron chi connectivity index (χ0n) is 8.91. The quantitative estimate of drug-likeness (QED) is 0.866. The van der Waals surface area contributed by atoms with E-state index in [4.69, 9.17) is 9.84 Å². The molecule has 17 heavy (non-hydrogen) atoms. The van der Waals surface area contributed by atoms with Crippen LogP contribution in [0.1, 0.15) is 15.9 Å². The highest BCUT2D eigenvalue weighted by molar-refractivity contribution is 5.90. The molecule has 0 aromatic carbocycles. The molecule has 86 valence electrons. The Morgan fingerprint density at radius 1 is 1.24 bits per heavy atom. The van der Waals surface area contributed by atoms with Crippen molar-refractivity contribution in [1.82, 2.24) is 9.97 Å². The van der Waals surface area contributed by atoms with E-state index in [-0.39, 0.29) is 12.2 Å². The lowest BCUT2D eigenvalue weighted by atomic mass is 10.2. The second-order valence-electron chi connectivity index (χ2n) is 3.33. The van der Waals surface area contributed by atoms with Crippen molar-refractivity contribution in [2.75, 3.05) is 0 Å². The number of hydrogen-bond donors (Lipinski definition) is 1. The Morgan fingerprint density at radius 3 is 2.76 bits per heavy atom. The minimum absolute atomic E-state index is 0.0522. The summed E-state index contributed by atoms with van der Waals surface area (Å²) in [4.78, 5) is 18.6. The first kappa shape index (κ1) is 11.1. The molecule has 0 fully saturated rings. The van der Waals surface area contributed by atoms with E-state index in [9.17, 15) is 4.79 Å². The van der Waals surface area contributed by atoms with E-state index >= 15 is 0 Å². The monoisotopic (exact) mass is 230 g/mol. The molecule has 0 aliphatic rings. The van der Waals surface area contributed by atoms with E-state index in [2.05, 4.69) is 9.97 Å². The van der Waals surface area contributed by atoms with Crippen LogP contribution in [0.4, 0.5) is 0 Å². The van der Waals surface area contributed by atoms with Gasteiger partial charge in [-0.1, -0.05) is 6.07 Å². The van der Waals surface area contributed by atoms with Crippen molar-refractivity contribution in [3.05, 3.63) is 54.1 Å². The highest BCUT2D eigenvalue weighted by atomic mass is 16.5. The number of hydrogen-bond acceptors (Lipinski definition) is 4. The Morgan fingerprint density at radius 2 is 2.06 bits per heavy atom. The third-order valence-corrected chi connectivity index (χ3v) is 2.13. The standard InChI is InChI=1S/C12H10N2O3/c15-12(16)10-7-14-5-3-11(10)17-8-9-2-1-4-13-6-9/h1-7H,8H2,(H,15,16). The zero-order chi connectivity index (χ0) is 12.1. The summed E-state index contributed by atoms with van der Waals surface area (Å²) in [5.41, 5.74) is 0.928. The Kier molecular flexibility index (Phi) is 3.30. The second kappa shape index (κ2) is 5.07. The highest BCUT2D eigenvalue weighted by Crippen LogP contribution is 2.17. The van der Waals surface area contributed by atoms with E-state index in [1.807, 2.05) is 6.07 Å². The summed E-state index contributed by atoms with van der Waals surface area (Å²) >= 11 is 0. The molecule has 0 spiro atoms. The second-order valence-corrected chi connectivity index (χ2v) is 3.33. The van der Waals surface area contributed by atoms with Crippen molar-refractivity contribution in [3.8, 4) is 5.75 Å². The number of nitrogens with zero attached hydrogens (tertiary/aromatic N) is 2. The first-order valence-electron chi connectivity index (χ1n) is 4.96. The lowest BCUT2D eigenvalue weighted by Gasteiger charge is -2.07. The summed E-state index contributed by atoms with van der Waals surface area (Å²) < 4.78 is 5.42. The number of carbonyl (C=O) groups is 1. The molecule has 0 bridgehead atoms. The van der Waals surface area contributed by atoms with E-state index in [0.29, 0.717) is 5.75 Å². The molecule has 1 N–H and O–H groups in total. The molecule has 0 aliphatic carbocycles. The van der Waals surface area contributed by atoms with E-state index in [1.165, 1.54) is 18.5 Å². The van der Waals surface area contributed by atoms with Crippen LogP contribution in [0.15, 0.2) is 43.0 Å². The Bertz CT molecular complexity index is 514. The molecule has 0 unspecified atom stereocenters. The van der Waals surface area contributed by atoms with Crippen LogP contribution in [0.2, 0.25) is 0 Å². The van der Waals surface area contributed by atoms with Crippen LogP contribution >= 0.6 is 0 Å². The fraction of sp³-hybridized carbons (Fsp3) is 0.0833. The smallest absolute Gasteiger partial charge is 0.341 e. The van der Waals surface area contributed by atoms with Gasteiger partial charge >= 0.3 is 5.97 Å². The maximum atomic E-state index is 10.9. The molecule has 0 atom stereocenters. The molecular formula is C12H10N2O3. The van der Waals surface area contributed by atoms with Crippen molar-refractivity contribution in [2.24, 2.45) is 0 Å². The number of carboxylic acids is 1. The summed E-state index contributed by atoms with van der Waals surface area (Å²) in [7, 11) is 0. The largest absolute Gasteiger partial charge is 0.488 e. The zero-order valence-corrected chi connectivity index (χ0v) is 8.91. The van der Waals surface area contributed by atoms with E-state index in [0.717, 1.165) is 5.56 Å². The maximum Gasteiger partial charge on any atom is 0.341 e. The van der Waals surface area contributed by atoms with Crippen LogP contribution in [-0.4, -0.2) is 21.0 Å². The fourth-order valence-corrected chi connectivity index (χ4v) is 1.31. The normalized spacial score (nSPS) is 9.88. The van der Waals surface area contributed by atoms with Gasteiger partial charge in [0.2, 0.25) is 0 Å². The Balaban J connectivity index is 2.12. The molecule has 2 rings (SSSR count). The van der Waals surface area contributed by atoms with Crippen LogP contribution in [0, 0.1) is 0 Å². The number of carboxylic acid groups (broad SMARTS) is 1. The molecule has 0 amide bonds. The molecule has 5 heteroatoms. The predicted molar refractivity (Wildman–Crippen MR) is 59.8 cm³/mol.